The minimum atomic E-state index is -3.61. The van der Waals surface area contributed by atoms with Gasteiger partial charge in [0.05, 0.1) is 96.8 Å². The number of aromatic hydroxyl groups is 1. The molecule has 0 atom stereocenters. The normalized spacial score (nSPS) is 11.9. The standard InChI is InChI=1S/C15H18N2O4S.C13H14ClN3O3S.C12H11N3O3S.C12H12N2O3S.C11H10N4O4S/c1-9(18)8-22-15-6-11(16-17-15)10-5-13(20-3)14(21-4)7-12(10)19-2;1-7(18)6-21-13-15-12(16-17-13)8-4-5-9(19-2)11(20-3)10(8)14;1-7(16)6-19-12-13-10(14-15-12)8-3-2-4-9(5-8)11(17)18;1-9(15)8-18(16,17)12-7-11(13-14-12)10-5-3-2-4-6-10;1-6(16)5-20-11-12-10(13-14-11)7-3-2-4-8(9(7)17)15(18)19/h5,7,18H,1,6,8H2,2-4H3;4-5H,6H2,1-3H3,(H,15,16,17);2-5H,6H2,1H3,(H,17,18)(H,13,14,15);2-6H,7-8H2,1H3;2-4,17H,5H2,1H3,(H,12,13,14). The number of carboxylic acids is 1. The molecule has 0 bridgehead atoms. The van der Waals surface area contributed by atoms with Gasteiger partial charge in [0.15, 0.2) is 45.5 Å². The Morgan fingerprint density at radius 3 is 1.63 bits per heavy atom. The molecule has 100 heavy (non-hydrogen) atoms. The third-order valence-corrected chi connectivity index (χ3v) is 18.8. The Morgan fingerprint density at radius 2 is 1.10 bits per heavy atom. The summed E-state index contributed by atoms with van der Waals surface area (Å²) in [6, 6.07) is 26.9. The molecule has 31 nitrogen and oxygen atoms in total. The predicted molar refractivity (Wildman–Crippen MR) is 381 cm³/mol. The number of thioether (sulfide) groups is 4. The Bertz CT molecular complexity index is 4540. The van der Waals surface area contributed by atoms with Gasteiger partial charge in [-0.1, -0.05) is 102 Å². The van der Waals surface area contributed by atoms with Gasteiger partial charge < -0.3 is 39.0 Å². The number of nitro groups is 1. The zero-order valence-corrected chi connectivity index (χ0v) is 59.6. The highest BCUT2D eigenvalue weighted by atomic mass is 35.5. The molecule has 0 aliphatic carbocycles. The number of aliphatic hydroxyl groups excluding tert-OH is 1. The highest BCUT2D eigenvalue weighted by Gasteiger charge is 2.28. The van der Waals surface area contributed by atoms with E-state index in [0.29, 0.717) is 101 Å². The molecule has 8 aromatic rings. The molecule has 0 spiro atoms. The average molecular weight is 1490 g/mol. The van der Waals surface area contributed by atoms with Crippen LogP contribution >= 0.6 is 58.6 Å². The van der Waals surface area contributed by atoms with Crippen LogP contribution in [0.3, 0.4) is 0 Å². The molecular weight excluding hydrogens is 1420 g/mol. The summed E-state index contributed by atoms with van der Waals surface area (Å²) < 4.78 is 50.0. The molecule has 0 radical (unpaired) electrons. The fraction of sp³-hybridized carbons (Fsp3) is 0.254. The second kappa shape index (κ2) is 38.2. The molecule has 10 rings (SSSR count). The molecule has 5 heterocycles. The van der Waals surface area contributed by atoms with E-state index in [4.69, 9.17) is 45.5 Å². The minimum absolute atomic E-state index is 0.0143. The van der Waals surface area contributed by atoms with Crippen LogP contribution < -0.4 is 23.7 Å². The van der Waals surface area contributed by atoms with Crippen LogP contribution in [-0.4, -0.2) is 189 Å². The number of phenolic OH excluding ortho intramolecular Hbond substituents is 1. The minimum Gasteiger partial charge on any atom is -0.512 e. The lowest BCUT2D eigenvalue weighted by molar-refractivity contribution is -0.385. The van der Waals surface area contributed by atoms with Gasteiger partial charge in [-0.15, -0.1) is 37.3 Å². The number of nitro benzene ring substituents is 1. The number of halogens is 1. The number of sulfone groups is 1. The number of para-hydroxylation sites is 1. The van der Waals surface area contributed by atoms with Crippen molar-refractivity contribution in [3.05, 3.63) is 141 Å². The zero-order chi connectivity index (χ0) is 73.2. The summed E-state index contributed by atoms with van der Waals surface area (Å²) in [6.07, 6.45) is 0.726. The third-order valence-electron chi connectivity index (χ3n) is 12.7. The number of ketones is 4. The zero-order valence-electron chi connectivity index (χ0n) is 54.8. The number of nitrogens with zero attached hydrogens (tertiary/aromatic N) is 11. The Kier molecular flexibility index (Phi) is 30.1. The summed E-state index contributed by atoms with van der Waals surface area (Å²) >= 11 is 11.4. The number of methoxy groups -OCH3 is 5. The quantitative estimate of drug-likeness (QED) is 0.0134. The monoisotopic (exact) mass is 1480 g/mol. The highest BCUT2D eigenvalue weighted by molar-refractivity contribution is 8.14. The maximum atomic E-state index is 11.8. The number of carbonyl (C=O) groups excluding carboxylic acids is 4. The van der Waals surface area contributed by atoms with Crippen molar-refractivity contribution in [3.63, 3.8) is 0 Å². The number of H-pyrrole nitrogens is 3. The van der Waals surface area contributed by atoms with Crippen molar-refractivity contribution in [2.45, 2.75) is 56.0 Å². The van der Waals surface area contributed by atoms with Gasteiger partial charge in [-0.05, 0) is 69.7 Å². The van der Waals surface area contributed by atoms with Crippen molar-refractivity contribution >= 4 is 125 Å². The fourth-order valence-electron chi connectivity index (χ4n) is 8.17. The number of carboxylic acid groups (broad SMARTS) is 1. The van der Waals surface area contributed by atoms with Crippen LogP contribution in [0.4, 0.5) is 5.69 Å². The van der Waals surface area contributed by atoms with Gasteiger partial charge in [-0.2, -0.15) is 10.2 Å². The van der Waals surface area contributed by atoms with Crippen molar-refractivity contribution in [2.75, 3.05) is 64.3 Å². The molecule has 3 aromatic heterocycles. The van der Waals surface area contributed by atoms with Crippen molar-refractivity contribution < 1.29 is 76.3 Å². The van der Waals surface area contributed by atoms with Crippen LogP contribution in [0.1, 0.15) is 62.0 Å². The molecule has 6 N–H and O–H groups in total. The van der Waals surface area contributed by atoms with Crippen LogP contribution in [0.2, 0.25) is 5.02 Å². The highest BCUT2D eigenvalue weighted by Crippen LogP contribution is 2.42. The van der Waals surface area contributed by atoms with Crippen LogP contribution in [0.5, 0.6) is 34.5 Å². The number of aromatic amines is 3. The Balaban J connectivity index is 0.000000197. The maximum Gasteiger partial charge on any atom is 0.335 e. The number of phenols is 1. The number of aliphatic hydroxyl groups is 1. The summed E-state index contributed by atoms with van der Waals surface area (Å²) in [5, 5.41) is 77.0. The topological polar surface area (TPSA) is 444 Å². The van der Waals surface area contributed by atoms with Crippen LogP contribution in [0.25, 0.3) is 34.2 Å². The van der Waals surface area contributed by atoms with Gasteiger partial charge >= 0.3 is 11.7 Å². The second-order valence-corrected chi connectivity index (χ2v) is 26.6. The molecule has 0 fully saturated rings. The first kappa shape index (κ1) is 78.7. The summed E-state index contributed by atoms with van der Waals surface area (Å²) in [7, 11) is 4.18. The molecular formula is C63H65ClN14O17S5. The Hall–Kier alpha value is -10.3. The van der Waals surface area contributed by atoms with E-state index in [1.54, 1.807) is 58.8 Å². The molecule has 0 saturated carbocycles. The van der Waals surface area contributed by atoms with Crippen molar-refractivity contribution in [1.29, 1.82) is 0 Å². The fourth-order valence-corrected chi connectivity index (χ4v) is 12.2. The van der Waals surface area contributed by atoms with E-state index < -0.39 is 43.7 Å². The summed E-state index contributed by atoms with van der Waals surface area (Å²) in [5.41, 5.74) is 4.29. The summed E-state index contributed by atoms with van der Waals surface area (Å²) in [4.78, 5) is 77.1. The lowest BCUT2D eigenvalue weighted by Gasteiger charge is -2.13. The number of ether oxygens (including phenoxy) is 5. The Labute approximate surface area is 593 Å². The molecule has 0 amide bonds. The molecule has 0 saturated heterocycles. The number of nitrogens with one attached hydrogen (secondary N) is 3. The molecule has 37 heteroatoms. The first-order valence-corrected chi connectivity index (χ1v) is 34.9. The van der Waals surface area contributed by atoms with E-state index in [-0.39, 0.29) is 57.3 Å². The van der Waals surface area contributed by atoms with E-state index in [0.717, 1.165) is 33.6 Å². The molecule has 2 aliphatic heterocycles. The van der Waals surface area contributed by atoms with Crippen LogP contribution in [0.15, 0.2) is 145 Å². The predicted octanol–water partition coefficient (Wildman–Crippen LogP) is 10.7. The van der Waals surface area contributed by atoms with E-state index >= 15 is 0 Å². The molecule has 0 unspecified atom stereocenters. The largest absolute Gasteiger partial charge is 0.512 e. The number of hydrogen-bond acceptors (Lipinski definition) is 30. The number of rotatable bonds is 25. The molecule has 526 valence electrons. The average Bonchev–Trinajstić information content (AvgIpc) is 1.28. The van der Waals surface area contributed by atoms with Gasteiger partial charge in [0.2, 0.25) is 31.1 Å². The van der Waals surface area contributed by atoms with Gasteiger partial charge in [0, 0.05) is 41.7 Å². The van der Waals surface area contributed by atoms with Crippen molar-refractivity contribution in [1.82, 2.24) is 45.5 Å². The molecule has 5 aromatic carbocycles. The van der Waals surface area contributed by atoms with E-state index in [2.05, 4.69) is 72.5 Å². The van der Waals surface area contributed by atoms with Crippen LogP contribution in [-0.2, 0) is 29.0 Å². The van der Waals surface area contributed by atoms with Crippen LogP contribution in [0, 0.1) is 10.1 Å². The molecule has 2 aliphatic rings. The van der Waals surface area contributed by atoms with Gasteiger partial charge in [0.25, 0.3) is 0 Å². The number of aromatic carboxylic acids is 1. The first-order chi connectivity index (χ1) is 47.7. The second-order valence-electron chi connectivity index (χ2n) is 20.4. The Morgan fingerprint density at radius 1 is 0.570 bits per heavy atom. The van der Waals surface area contributed by atoms with E-state index in [9.17, 15) is 47.6 Å². The van der Waals surface area contributed by atoms with Crippen molar-refractivity contribution in [2.24, 2.45) is 20.4 Å². The van der Waals surface area contributed by atoms with Gasteiger partial charge in [0.1, 0.15) is 39.7 Å². The number of aromatic nitrogens is 9. The van der Waals surface area contributed by atoms with E-state index in [1.807, 2.05) is 36.4 Å². The number of Topliss-reactive ketones (excluding diaryl/α,β-unsaturated/α-hetero) is 4. The number of carbonyl (C=O) groups is 5. The smallest absolute Gasteiger partial charge is 0.335 e. The number of benzene rings is 5. The summed E-state index contributed by atoms with van der Waals surface area (Å²) in [5.74, 6) is 3.13. The third kappa shape index (κ3) is 23.2. The van der Waals surface area contributed by atoms with E-state index in [1.165, 1.54) is 100 Å². The first-order valence-electron chi connectivity index (χ1n) is 28.9. The number of hydrogen-bond donors (Lipinski definition) is 6. The van der Waals surface area contributed by atoms with Gasteiger partial charge in [-0.3, -0.25) is 44.6 Å². The maximum absolute atomic E-state index is 11.8. The SMILES string of the molecule is C=C(O)CSC1=NN=C(c2cc(OC)c(OC)cc2OC)C1.CC(=O)CS(=O)(=O)C1=NN=C(c2ccccc2)C1.CC(=O)CSc1n[nH]c(-c2cccc(C(=O)O)c2)n1.CC(=O)CSc1n[nH]c(-c2cccc([N+](=O)[O-])c2O)n1.COc1ccc(-c2nc(SCC(C)=O)n[nH]2)c(Cl)c1OC. The summed E-state index contributed by atoms with van der Waals surface area (Å²) in [6.45, 7) is 9.16. The lowest BCUT2D eigenvalue weighted by Crippen LogP contribution is -2.22. The lowest BCUT2D eigenvalue weighted by atomic mass is 10.1. The van der Waals surface area contributed by atoms with Gasteiger partial charge in [-0.25, -0.2) is 28.2 Å². The van der Waals surface area contributed by atoms with Crippen molar-refractivity contribution in [3.8, 4) is 68.7 Å².